The van der Waals surface area contributed by atoms with Gasteiger partial charge >= 0.3 is 16.3 Å². The molecule has 1 amide bonds. The van der Waals surface area contributed by atoms with Gasteiger partial charge in [-0.05, 0) is 37.5 Å². The van der Waals surface area contributed by atoms with Gasteiger partial charge < -0.3 is 24.1 Å². The third-order valence-corrected chi connectivity index (χ3v) is 6.92. The summed E-state index contributed by atoms with van der Waals surface area (Å²) in [6, 6.07) is 8.92. The standard InChI is InChI=1S/C24H33N3O8S/c1-3-11-27(24(28)29)36(30,31)26-16-22-20(7-4-10-25-22)21-9-8-18(34-14-13-32-2)15-23(21)35-17-19-6-5-12-33-19/h4,7-10,15,19,26H,3,5-6,11-14,16-17H2,1-2H3,(H,28,29). The fourth-order valence-corrected chi connectivity index (χ4v) is 4.82. The van der Waals surface area contributed by atoms with Crippen LogP contribution < -0.4 is 14.2 Å². The second-order valence-electron chi connectivity index (χ2n) is 8.12. The molecule has 1 aliphatic rings. The molecule has 1 unspecified atom stereocenters. The molecule has 12 heteroatoms. The minimum atomic E-state index is -4.27. The summed E-state index contributed by atoms with van der Waals surface area (Å²) in [6.07, 6.45) is 2.25. The molecule has 2 aromatic rings. The number of carbonyl (C=O) groups is 1. The lowest BCUT2D eigenvalue weighted by Crippen LogP contribution is -2.44. The third kappa shape index (κ3) is 7.53. The van der Waals surface area contributed by atoms with E-state index in [1.54, 1.807) is 44.5 Å². The summed E-state index contributed by atoms with van der Waals surface area (Å²) in [5, 5.41) is 9.30. The average molecular weight is 524 g/mol. The first-order chi connectivity index (χ1) is 17.4. The summed E-state index contributed by atoms with van der Waals surface area (Å²) < 4.78 is 50.6. The molecule has 1 fully saturated rings. The Labute approximate surface area is 211 Å². The number of methoxy groups -OCH3 is 1. The monoisotopic (exact) mass is 523 g/mol. The van der Waals surface area contributed by atoms with Crippen LogP contribution in [0.1, 0.15) is 31.9 Å². The van der Waals surface area contributed by atoms with Gasteiger partial charge in [0.2, 0.25) is 0 Å². The molecule has 1 saturated heterocycles. The summed E-state index contributed by atoms with van der Waals surface area (Å²) in [6.45, 7) is 3.23. The van der Waals surface area contributed by atoms with Gasteiger partial charge in [-0.25, -0.2) is 4.79 Å². The number of nitrogens with one attached hydrogen (secondary N) is 1. The number of carboxylic acid groups (broad SMARTS) is 1. The molecular weight excluding hydrogens is 490 g/mol. The van der Waals surface area contributed by atoms with Crippen LogP contribution >= 0.6 is 0 Å². The smallest absolute Gasteiger partial charge is 0.422 e. The lowest BCUT2D eigenvalue weighted by molar-refractivity contribution is 0.0680. The number of pyridine rings is 1. The molecule has 0 aliphatic carbocycles. The highest BCUT2D eigenvalue weighted by Crippen LogP contribution is 2.35. The lowest BCUT2D eigenvalue weighted by Gasteiger charge is -2.20. The minimum Gasteiger partial charge on any atom is -0.491 e. The van der Waals surface area contributed by atoms with E-state index < -0.39 is 16.3 Å². The first kappa shape index (κ1) is 27.7. The zero-order chi connectivity index (χ0) is 26.0. The highest BCUT2D eigenvalue weighted by molar-refractivity contribution is 7.87. The molecule has 2 heterocycles. The van der Waals surface area contributed by atoms with Gasteiger partial charge in [-0.15, -0.1) is 0 Å². The van der Waals surface area contributed by atoms with Crippen molar-refractivity contribution in [3.05, 3.63) is 42.2 Å². The second-order valence-corrected chi connectivity index (χ2v) is 9.80. The van der Waals surface area contributed by atoms with Crippen LogP contribution in [-0.2, 0) is 26.2 Å². The van der Waals surface area contributed by atoms with Crippen LogP contribution in [0.15, 0.2) is 36.5 Å². The molecule has 1 atom stereocenters. The normalized spacial score (nSPS) is 15.6. The van der Waals surface area contributed by atoms with Gasteiger partial charge in [0, 0.05) is 43.7 Å². The summed E-state index contributed by atoms with van der Waals surface area (Å²) in [5.74, 6) is 1.14. The van der Waals surface area contributed by atoms with E-state index >= 15 is 0 Å². The number of benzene rings is 1. The Hall–Kier alpha value is -2.93. The number of aromatic nitrogens is 1. The zero-order valence-corrected chi connectivity index (χ0v) is 21.3. The summed E-state index contributed by atoms with van der Waals surface area (Å²) in [5.41, 5.74) is 1.75. The number of ether oxygens (including phenoxy) is 4. The van der Waals surface area contributed by atoms with E-state index in [2.05, 4.69) is 9.71 Å². The van der Waals surface area contributed by atoms with Gasteiger partial charge in [0.1, 0.15) is 24.7 Å². The number of hydrogen-bond donors (Lipinski definition) is 2. The maximum absolute atomic E-state index is 12.6. The van der Waals surface area contributed by atoms with Crippen molar-refractivity contribution in [2.24, 2.45) is 0 Å². The molecule has 36 heavy (non-hydrogen) atoms. The van der Waals surface area contributed by atoms with Crippen molar-refractivity contribution in [3.8, 4) is 22.6 Å². The van der Waals surface area contributed by atoms with Crippen molar-refractivity contribution in [1.82, 2.24) is 14.0 Å². The Bertz CT molecular complexity index is 1110. The topological polar surface area (TPSA) is 137 Å². The molecule has 198 valence electrons. The van der Waals surface area contributed by atoms with Gasteiger partial charge in [0.05, 0.1) is 24.9 Å². The molecule has 2 N–H and O–H groups in total. The van der Waals surface area contributed by atoms with E-state index in [0.29, 0.717) is 65.5 Å². The zero-order valence-electron chi connectivity index (χ0n) is 20.5. The summed E-state index contributed by atoms with van der Waals surface area (Å²) >= 11 is 0. The van der Waals surface area contributed by atoms with Crippen molar-refractivity contribution in [2.45, 2.75) is 38.8 Å². The first-order valence-corrected chi connectivity index (χ1v) is 13.2. The molecule has 1 aromatic carbocycles. The van der Waals surface area contributed by atoms with Crippen LogP contribution in [0, 0.1) is 0 Å². The van der Waals surface area contributed by atoms with Crippen molar-refractivity contribution >= 4 is 16.3 Å². The Kier molecular flexibility index (Phi) is 10.3. The molecule has 0 saturated carbocycles. The van der Waals surface area contributed by atoms with Crippen molar-refractivity contribution in [1.29, 1.82) is 0 Å². The SMILES string of the molecule is CCCN(C(=O)O)S(=O)(=O)NCc1ncccc1-c1ccc(OCCOC)cc1OCC1CCCO1. The van der Waals surface area contributed by atoms with Gasteiger partial charge in [0.15, 0.2) is 0 Å². The second kappa shape index (κ2) is 13.4. The molecule has 3 rings (SSSR count). The Morgan fingerprint density at radius 3 is 2.78 bits per heavy atom. The van der Waals surface area contributed by atoms with E-state index in [4.69, 9.17) is 18.9 Å². The maximum Gasteiger partial charge on any atom is 0.422 e. The maximum atomic E-state index is 12.6. The predicted molar refractivity (Wildman–Crippen MR) is 132 cm³/mol. The number of nitrogens with zero attached hydrogens (tertiary/aromatic N) is 2. The Balaban J connectivity index is 1.87. The highest BCUT2D eigenvalue weighted by atomic mass is 32.2. The minimum absolute atomic E-state index is 0.00309. The van der Waals surface area contributed by atoms with E-state index in [9.17, 15) is 18.3 Å². The molecule has 1 aromatic heterocycles. The van der Waals surface area contributed by atoms with E-state index in [-0.39, 0.29) is 19.2 Å². The van der Waals surface area contributed by atoms with Crippen LogP contribution in [0.5, 0.6) is 11.5 Å². The van der Waals surface area contributed by atoms with Gasteiger partial charge in [-0.3, -0.25) is 4.98 Å². The van der Waals surface area contributed by atoms with Gasteiger partial charge in [0.25, 0.3) is 0 Å². The van der Waals surface area contributed by atoms with Gasteiger partial charge in [-0.2, -0.15) is 17.4 Å². The van der Waals surface area contributed by atoms with Crippen LogP contribution in [0.3, 0.4) is 0 Å². The van der Waals surface area contributed by atoms with Gasteiger partial charge in [-0.1, -0.05) is 13.0 Å². The average Bonchev–Trinajstić information content (AvgIpc) is 3.39. The predicted octanol–water partition coefficient (Wildman–Crippen LogP) is 3.06. The summed E-state index contributed by atoms with van der Waals surface area (Å²) in [7, 11) is -2.67. The number of hydrogen-bond acceptors (Lipinski definition) is 8. The fourth-order valence-electron chi connectivity index (χ4n) is 3.72. The fraction of sp³-hybridized carbons (Fsp3) is 0.500. The van der Waals surface area contributed by atoms with Crippen molar-refractivity contribution in [3.63, 3.8) is 0 Å². The lowest BCUT2D eigenvalue weighted by atomic mass is 10.0. The largest absolute Gasteiger partial charge is 0.491 e. The Morgan fingerprint density at radius 2 is 2.08 bits per heavy atom. The third-order valence-electron chi connectivity index (χ3n) is 5.49. The molecule has 1 aliphatic heterocycles. The molecule has 11 nitrogen and oxygen atoms in total. The van der Waals surface area contributed by atoms with Crippen LogP contribution in [0.2, 0.25) is 0 Å². The quantitative estimate of drug-likeness (QED) is 0.358. The number of amides is 1. The van der Waals surface area contributed by atoms with Crippen molar-refractivity contribution < 1.29 is 37.3 Å². The molecule has 0 spiro atoms. The van der Waals surface area contributed by atoms with E-state index in [1.165, 1.54) is 0 Å². The van der Waals surface area contributed by atoms with Crippen LogP contribution in [-0.4, -0.2) is 75.1 Å². The highest BCUT2D eigenvalue weighted by Gasteiger charge is 2.26. The number of rotatable bonds is 14. The van der Waals surface area contributed by atoms with Crippen LogP contribution in [0.4, 0.5) is 4.79 Å². The molecular formula is C24H33N3O8S. The summed E-state index contributed by atoms with van der Waals surface area (Å²) in [4.78, 5) is 15.8. The van der Waals surface area contributed by atoms with Crippen molar-refractivity contribution in [2.75, 3.05) is 40.1 Å². The van der Waals surface area contributed by atoms with E-state index in [1.807, 2.05) is 6.07 Å². The molecule has 0 bridgehead atoms. The molecule has 0 radical (unpaired) electrons. The first-order valence-electron chi connectivity index (χ1n) is 11.8. The Morgan fingerprint density at radius 1 is 1.25 bits per heavy atom. The van der Waals surface area contributed by atoms with E-state index in [0.717, 1.165) is 12.8 Å². The van der Waals surface area contributed by atoms with Crippen LogP contribution in [0.25, 0.3) is 11.1 Å².